The standard InChI is InChI=1S/C45H27N3S/c1-3-12-28(13-4-1)43-46-44(29-14-5-2-6-15-29)48-45(47-43)37-20-11-19-36-33-17-8-7-16-32(33)34-24-22-30(27-39(34)42(36)37)31-23-25-41-38(26-31)35-18-9-10-21-40(35)49-41/h1-27H. The monoisotopic (exact) mass is 641 g/mol. The Bertz CT molecular complexity index is 2820. The van der Waals surface area contributed by atoms with E-state index in [1.165, 1.54) is 58.2 Å². The summed E-state index contributed by atoms with van der Waals surface area (Å²) in [4.78, 5) is 15.3. The molecule has 49 heavy (non-hydrogen) atoms. The van der Waals surface area contributed by atoms with Crippen LogP contribution >= 0.6 is 11.3 Å². The van der Waals surface area contributed by atoms with E-state index in [9.17, 15) is 0 Å². The Kier molecular flexibility index (Phi) is 6.36. The maximum absolute atomic E-state index is 5.15. The van der Waals surface area contributed by atoms with Crippen molar-refractivity contribution >= 4 is 63.8 Å². The van der Waals surface area contributed by atoms with E-state index >= 15 is 0 Å². The minimum absolute atomic E-state index is 0.656. The van der Waals surface area contributed by atoms with Gasteiger partial charge in [0.05, 0.1) is 0 Å². The maximum atomic E-state index is 5.15. The van der Waals surface area contributed by atoms with Gasteiger partial charge >= 0.3 is 0 Å². The number of rotatable bonds is 4. The van der Waals surface area contributed by atoms with Gasteiger partial charge in [-0.1, -0.05) is 140 Å². The normalized spacial score (nSPS) is 11.7. The summed E-state index contributed by atoms with van der Waals surface area (Å²) in [7, 11) is 0. The third-order valence-electron chi connectivity index (χ3n) is 9.51. The Hall–Kier alpha value is -6.23. The Morgan fingerprint density at radius 3 is 1.53 bits per heavy atom. The quantitative estimate of drug-likeness (QED) is 0.180. The Labute approximate surface area is 286 Å². The van der Waals surface area contributed by atoms with Crippen molar-refractivity contribution in [3.63, 3.8) is 0 Å². The summed E-state index contributed by atoms with van der Waals surface area (Å²) in [6.07, 6.45) is 0. The summed E-state index contributed by atoms with van der Waals surface area (Å²) in [5, 5.41) is 9.77. The lowest BCUT2D eigenvalue weighted by molar-refractivity contribution is 1.08. The van der Waals surface area contributed by atoms with Gasteiger partial charge in [0.25, 0.3) is 0 Å². The van der Waals surface area contributed by atoms with Crippen molar-refractivity contribution < 1.29 is 0 Å². The van der Waals surface area contributed by atoms with Crippen molar-refractivity contribution in [2.24, 2.45) is 0 Å². The van der Waals surface area contributed by atoms with Crippen molar-refractivity contribution in [1.29, 1.82) is 0 Å². The molecule has 4 heteroatoms. The van der Waals surface area contributed by atoms with Gasteiger partial charge < -0.3 is 0 Å². The molecule has 0 bridgehead atoms. The van der Waals surface area contributed by atoms with Gasteiger partial charge in [0.1, 0.15) is 0 Å². The van der Waals surface area contributed by atoms with E-state index in [4.69, 9.17) is 15.0 Å². The second kappa shape index (κ2) is 11.2. The second-order valence-corrected chi connectivity index (χ2v) is 13.5. The summed E-state index contributed by atoms with van der Waals surface area (Å²) in [5.41, 5.74) is 5.28. The molecule has 0 saturated carbocycles. The Morgan fingerprint density at radius 2 is 0.816 bits per heavy atom. The first-order valence-corrected chi connectivity index (χ1v) is 17.3. The van der Waals surface area contributed by atoms with E-state index < -0.39 is 0 Å². The van der Waals surface area contributed by atoms with E-state index in [-0.39, 0.29) is 0 Å². The Morgan fingerprint density at radius 1 is 0.306 bits per heavy atom. The lowest BCUT2D eigenvalue weighted by Gasteiger charge is -2.16. The minimum Gasteiger partial charge on any atom is -0.208 e. The predicted molar refractivity (Wildman–Crippen MR) is 207 cm³/mol. The van der Waals surface area contributed by atoms with Crippen LogP contribution < -0.4 is 0 Å². The molecule has 0 unspecified atom stereocenters. The molecule has 0 saturated heterocycles. The second-order valence-electron chi connectivity index (χ2n) is 12.4. The number of hydrogen-bond donors (Lipinski definition) is 0. The first kappa shape index (κ1) is 27.8. The Balaban J connectivity index is 1.27. The van der Waals surface area contributed by atoms with Crippen molar-refractivity contribution in [3.05, 3.63) is 164 Å². The summed E-state index contributed by atoms with van der Waals surface area (Å²) in [6.45, 7) is 0. The number of nitrogens with zero attached hydrogens (tertiary/aromatic N) is 3. The molecule has 228 valence electrons. The van der Waals surface area contributed by atoms with Gasteiger partial charge in [0, 0.05) is 42.2 Å². The van der Waals surface area contributed by atoms with E-state index in [0.29, 0.717) is 17.5 Å². The molecule has 0 radical (unpaired) electrons. The molecule has 10 rings (SSSR count). The highest BCUT2D eigenvalue weighted by atomic mass is 32.1. The maximum Gasteiger partial charge on any atom is 0.164 e. The summed E-state index contributed by atoms with van der Waals surface area (Å²) < 4.78 is 2.63. The van der Waals surface area contributed by atoms with Gasteiger partial charge in [-0.2, -0.15) is 0 Å². The number of fused-ring (bicyclic) bond motifs is 9. The number of hydrogen-bond acceptors (Lipinski definition) is 4. The lowest BCUT2D eigenvalue weighted by atomic mass is 9.89. The van der Waals surface area contributed by atoms with Crippen LogP contribution in [0, 0.1) is 0 Å². The summed E-state index contributed by atoms with van der Waals surface area (Å²) in [6, 6.07) is 58.1. The van der Waals surface area contributed by atoms with Crippen LogP contribution in [0.25, 0.3) is 97.8 Å². The first-order valence-electron chi connectivity index (χ1n) is 16.4. The van der Waals surface area contributed by atoms with E-state index in [0.717, 1.165) is 22.1 Å². The van der Waals surface area contributed by atoms with Crippen LogP contribution in [0.15, 0.2) is 164 Å². The molecule has 0 aliphatic rings. The highest BCUT2D eigenvalue weighted by Crippen LogP contribution is 2.42. The van der Waals surface area contributed by atoms with Crippen LogP contribution in [0.4, 0.5) is 0 Å². The van der Waals surface area contributed by atoms with Crippen molar-refractivity contribution in [2.45, 2.75) is 0 Å². The van der Waals surface area contributed by atoms with Crippen molar-refractivity contribution in [3.8, 4) is 45.3 Å². The molecule has 0 atom stereocenters. The van der Waals surface area contributed by atoms with Crippen LogP contribution in [0.5, 0.6) is 0 Å². The van der Waals surface area contributed by atoms with Crippen LogP contribution in [0.2, 0.25) is 0 Å². The van der Waals surface area contributed by atoms with Gasteiger partial charge in [-0.25, -0.2) is 15.0 Å². The summed E-state index contributed by atoms with van der Waals surface area (Å²) in [5.74, 6) is 1.97. The lowest BCUT2D eigenvalue weighted by Crippen LogP contribution is -2.00. The van der Waals surface area contributed by atoms with Gasteiger partial charge in [-0.3, -0.25) is 0 Å². The number of aromatic nitrogens is 3. The molecular formula is C45H27N3S. The molecule has 2 heterocycles. The largest absolute Gasteiger partial charge is 0.208 e. The molecular weight excluding hydrogens is 615 g/mol. The van der Waals surface area contributed by atoms with E-state index in [1.54, 1.807) is 0 Å². The molecule has 8 aromatic carbocycles. The van der Waals surface area contributed by atoms with E-state index in [2.05, 4.69) is 127 Å². The smallest absolute Gasteiger partial charge is 0.164 e. The SMILES string of the molecule is c1ccc(-c2nc(-c3ccccc3)nc(-c3cccc4c5ccccc5c5ccc(-c6ccc7sc8ccccc8c7c6)cc5c34)n2)cc1. The molecule has 2 aromatic heterocycles. The highest BCUT2D eigenvalue weighted by Gasteiger charge is 2.18. The van der Waals surface area contributed by atoms with Gasteiger partial charge in [-0.15, -0.1) is 11.3 Å². The molecule has 0 spiro atoms. The molecule has 0 amide bonds. The first-order chi connectivity index (χ1) is 24.3. The molecule has 3 nitrogen and oxygen atoms in total. The summed E-state index contributed by atoms with van der Waals surface area (Å²) >= 11 is 1.85. The van der Waals surface area contributed by atoms with E-state index in [1.807, 2.05) is 47.7 Å². The van der Waals surface area contributed by atoms with Crippen molar-refractivity contribution in [1.82, 2.24) is 15.0 Å². The van der Waals surface area contributed by atoms with Gasteiger partial charge in [-0.05, 0) is 62.3 Å². The van der Waals surface area contributed by atoms with Gasteiger partial charge in [0.15, 0.2) is 17.5 Å². The average molecular weight is 642 g/mol. The predicted octanol–water partition coefficient (Wildman–Crippen LogP) is 12.4. The van der Waals surface area contributed by atoms with Crippen LogP contribution in [-0.2, 0) is 0 Å². The zero-order valence-corrected chi connectivity index (χ0v) is 27.2. The molecule has 0 aliphatic carbocycles. The van der Waals surface area contributed by atoms with Crippen LogP contribution in [-0.4, -0.2) is 15.0 Å². The topological polar surface area (TPSA) is 38.7 Å². The third-order valence-corrected chi connectivity index (χ3v) is 10.7. The number of benzene rings is 8. The molecule has 0 N–H and O–H groups in total. The van der Waals surface area contributed by atoms with Crippen LogP contribution in [0.3, 0.4) is 0 Å². The molecule has 10 aromatic rings. The minimum atomic E-state index is 0.656. The fourth-order valence-corrected chi connectivity index (χ4v) is 8.29. The fraction of sp³-hybridized carbons (Fsp3) is 0. The zero-order valence-electron chi connectivity index (χ0n) is 26.3. The fourth-order valence-electron chi connectivity index (χ4n) is 7.21. The average Bonchev–Trinajstić information content (AvgIpc) is 3.56. The molecule has 0 fully saturated rings. The third kappa shape index (κ3) is 4.61. The molecule has 0 aliphatic heterocycles. The number of thiophene rings is 1. The van der Waals surface area contributed by atoms with Crippen molar-refractivity contribution in [2.75, 3.05) is 0 Å². The highest BCUT2D eigenvalue weighted by molar-refractivity contribution is 7.25. The van der Waals surface area contributed by atoms with Gasteiger partial charge in [0.2, 0.25) is 0 Å². The zero-order chi connectivity index (χ0) is 32.3. The van der Waals surface area contributed by atoms with Crippen LogP contribution in [0.1, 0.15) is 0 Å².